The molecule has 0 spiro atoms. The first-order valence-electron chi connectivity index (χ1n) is 2.77. The second-order valence-corrected chi connectivity index (χ2v) is 3.39. The van der Waals surface area contributed by atoms with Crippen molar-refractivity contribution in [3.63, 3.8) is 0 Å². The maximum absolute atomic E-state index is 10.4. The molecular weight excluding hydrogens is 182 g/mol. The largest absolute Gasteiger partial charge is 0.508 e. The Bertz CT molecular complexity index is 342. The molecular formula is C6H9NO4S. The van der Waals surface area contributed by atoms with E-state index in [-0.39, 0.29) is 16.8 Å². The lowest BCUT2D eigenvalue weighted by Crippen LogP contribution is -1.96. The van der Waals surface area contributed by atoms with Gasteiger partial charge in [-0.1, -0.05) is 0 Å². The van der Waals surface area contributed by atoms with Crippen molar-refractivity contribution < 1.29 is 18.1 Å². The molecule has 0 amide bonds. The van der Waals surface area contributed by atoms with Crippen LogP contribution in [0.3, 0.4) is 0 Å². The number of phenolic OH excluding ortho intramolecular Hbond substituents is 1. The summed E-state index contributed by atoms with van der Waals surface area (Å²) in [5, 5.41) is 8.75. The summed E-state index contributed by atoms with van der Waals surface area (Å²) >= 11 is 0. The predicted octanol–water partition coefficient (Wildman–Crippen LogP) is 0.801. The molecule has 0 aromatic heterocycles. The Morgan fingerprint density at radius 2 is 1.50 bits per heavy atom. The molecule has 5 nitrogen and oxygen atoms in total. The summed E-state index contributed by atoms with van der Waals surface area (Å²) in [6, 6.07) is 4.60. The van der Waals surface area contributed by atoms with Crippen molar-refractivity contribution in [3.05, 3.63) is 24.3 Å². The van der Waals surface area contributed by atoms with Gasteiger partial charge in [-0.3, -0.25) is 4.55 Å². The van der Waals surface area contributed by atoms with Gasteiger partial charge in [-0.2, -0.15) is 8.42 Å². The van der Waals surface area contributed by atoms with Crippen LogP contribution >= 0.6 is 0 Å². The van der Waals surface area contributed by atoms with Crippen molar-refractivity contribution in [2.24, 2.45) is 0 Å². The van der Waals surface area contributed by atoms with E-state index >= 15 is 0 Å². The third-order valence-electron chi connectivity index (χ3n) is 1.13. The van der Waals surface area contributed by atoms with Crippen LogP contribution in [-0.2, 0) is 10.1 Å². The second-order valence-electron chi connectivity index (χ2n) is 1.97. The summed E-state index contributed by atoms with van der Waals surface area (Å²) in [4.78, 5) is -0.227. The van der Waals surface area contributed by atoms with E-state index in [9.17, 15) is 8.42 Å². The monoisotopic (exact) mass is 191 g/mol. The summed E-state index contributed by atoms with van der Waals surface area (Å²) in [5.41, 5.74) is 0. The van der Waals surface area contributed by atoms with Gasteiger partial charge >= 0.3 is 0 Å². The number of hydrogen-bond donors (Lipinski definition) is 3. The van der Waals surface area contributed by atoms with Crippen molar-refractivity contribution in [2.45, 2.75) is 4.90 Å². The van der Waals surface area contributed by atoms with Crippen molar-refractivity contribution in [3.8, 4) is 5.75 Å². The van der Waals surface area contributed by atoms with Crippen LogP contribution in [-0.4, -0.2) is 18.1 Å². The summed E-state index contributed by atoms with van der Waals surface area (Å²) < 4.78 is 29.3. The molecule has 0 heterocycles. The summed E-state index contributed by atoms with van der Waals surface area (Å²) in [7, 11) is -4.13. The minimum atomic E-state index is -4.13. The Balaban J connectivity index is 0.00000121. The van der Waals surface area contributed by atoms with Crippen molar-refractivity contribution in [2.75, 3.05) is 0 Å². The van der Waals surface area contributed by atoms with Crippen molar-refractivity contribution >= 4 is 10.1 Å². The molecule has 0 fully saturated rings. The highest BCUT2D eigenvalue weighted by Crippen LogP contribution is 2.13. The van der Waals surface area contributed by atoms with E-state index in [0.29, 0.717) is 0 Å². The zero-order valence-electron chi connectivity index (χ0n) is 6.14. The first kappa shape index (κ1) is 10.9. The van der Waals surface area contributed by atoms with Gasteiger partial charge in [0, 0.05) is 0 Å². The third kappa shape index (κ3) is 2.50. The van der Waals surface area contributed by atoms with E-state index in [2.05, 4.69) is 0 Å². The molecule has 0 saturated heterocycles. The maximum Gasteiger partial charge on any atom is 0.294 e. The molecule has 6 heteroatoms. The molecule has 0 unspecified atom stereocenters. The highest BCUT2D eigenvalue weighted by atomic mass is 32.2. The first-order valence-corrected chi connectivity index (χ1v) is 4.21. The summed E-state index contributed by atoms with van der Waals surface area (Å²) in [5.74, 6) is -0.0441. The topological polar surface area (TPSA) is 110 Å². The van der Waals surface area contributed by atoms with Crippen molar-refractivity contribution in [1.29, 1.82) is 0 Å². The SMILES string of the molecule is N.O=S(=O)(O)c1ccc(O)cc1. The standard InChI is InChI=1S/C6H6O4S.H3N/c7-5-1-3-6(4-2-5)11(8,9)10;/h1-4,7H,(H,8,9,10);1H3. The lowest BCUT2D eigenvalue weighted by Gasteiger charge is -1.94. The quantitative estimate of drug-likeness (QED) is 0.569. The zero-order valence-corrected chi connectivity index (χ0v) is 6.95. The molecule has 0 aliphatic heterocycles. The van der Waals surface area contributed by atoms with E-state index in [4.69, 9.17) is 9.66 Å². The zero-order chi connectivity index (χ0) is 8.48. The Hall–Kier alpha value is -1.11. The van der Waals surface area contributed by atoms with Gasteiger partial charge in [0.05, 0.1) is 4.90 Å². The highest BCUT2D eigenvalue weighted by molar-refractivity contribution is 7.85. The molecule has 1 rings (SSSR count). The minimum Gasteiger partial charge on any atom is -0.508 e. The molecule has 5 N–H and O–H groups in total. The molecule has 12 heavy (non-hydrogen) atoms. The average molecular weight is 191 g/mol. The number of benzene rings is 1. The van der Waals surface area contributed by atoms with Crippen LogP contribution in [0, 0.1) is 0 Å². The van der Waals surface area contributed by atoms with Gasteiger partial charge in [0.1, 0.15) is 5.75 Å². The van der Waals surface area contributed by atoms with Gasteiger partial charge in [-0.25, -0.2) is 0 Å². The van der Waals surface area contributed by atoms with Gasteiger partial charge < -0.3 is 11.3 Å². The summed E-state index contributed by atoms with van der Waals surface area (Å²) in [6.07, 6.45) is 0. The number of rotatable bonds is 1. The van der Waals surface area contributed by atoms with Crippen LogP contribution in [0.5, 0.6) is 5.75 Å². The molecule has 68 valence electrons. The average Bonchev–Trinajstić information content (AvgIpc) is 1.86. The van der Waals surface area contributed by atoms with Crippen LogP contribution < -0.4 is 6.15 Å². The van der Waals surface area contributed by atoms with E-state index in [0.717, 1.165) is 12.1 Å². The molecule has 0 saturated carbocycles. The Morgan fingerprint density at radius 3 is 1.83 bits per heavy atom. The normalized spacial score (nSPS) is 10.4. The smallest absolute Gasteiger partial charge is 0.294 e. The highest BCUT2D eigenvalue weighted by Gasteiger charge is 2.07. The van der Waals surface area contributed by atoms with Crippen molar-refractivity contribution in [1.82, 2.24) is 6.15 Å². The van der Waals surface area contributed by atoms with E-state index in [1.807, 2.05) is 0 Å². The first-order chi connectivity index (χ1) is 5.00. The molecule has 1 aromatic carbocycles. The fraction of sp³-hybridized carbons (Fsp3) is 0. The maximum atomic E-state index is 10.4. The van der Waals surface area contributed by atoms with E-state index in [1.165, 1.54) is 12.1 Å². The fourth-order valence-corrected chi connectivity index (χ4v) is 1.10. The lowest BCUT2D eigenvalue weighted by molar-refractivity contribution is 0.472. The Labute approximate surface area is 70.0 Å². The number of hydrogen-bond acceptors (Lipinski definition) is 4. The molecule has 1 aromatic rings. The molecule has 0 radical (unpaired) electrons. The van der Waals surface area contributed by atoms with Crippen LogP contribution in [0.2, 0.25) is 0 Å². The number of phenols is 1. The van der Waals surface area contributed by atoms with Crippen LogP contribution in [0.15, 0.2) is 29.2 Å². The van der Waals surface area contributed by atoms with Gasteiger partial charge in [-0.15, -0.1) is 0 Å². The molecule has 0 aliphatic carbocycles. The van der Waals surface area contributed by atoms with Gasteiger partial charge in [0.2, 0.25) is 0 Å². The lowest BCUT2D eigenvalue weighted by atomic mass is 10.3. The second kappa shape index (κ2) is 3.53. The van der Waals surface area contributed by atoms with E-state index < -0.39 is 10.1 Å². The molecule has 0 bridgehead atoms. The van der Waals surface area contributed by atoms with E-state index in [1.54, 1.807) is 0 Å². The van der Waals surface area contributed by atoms with Gasteiger partial charge in [0.15, 0.2) is 0 Å². The third-order valence-corrected chi connectivity index (χ3v) is 2.00. The summed E-state index contributed by atoms with van der Waals surface area (Å²) in [6.45, 7) is 0. The predicted molar refractivity (Wildman–Crippen MR) is 42.9 cm³/mol. The number of aromatic hydroxyl groups is 1. The Morgan fingerprint density at radius 1 is 1.08 bits per heavy atom. The van der Waals surface area contributed by atoms with Gasteiger partial charge in [-0.05, 0) is 24.3 Å². The van der Waals surface area contributed by atoms with Crippen LogP contribution in [0.1, 0.15) is 0 Å². The minimum absolute atomic E-state index is 0. The van der Waals surface area contributed by atoms with Crippen LogP contribution in [0.25, 0.3) is 0 Å². The van der Waals surface area contributed by atoms with Gasteiger partial charge in [0.25, 0.3) is 10.1 Å². The van der Waals surface area contributed by atoms with Crippen LogP contribution in [0.4, 0.5) is 0 Å². The Kier molecular flexibility index (Phi) is 3.20. The molecule has 0 atom stereocenters. The fourth-order valence-electron chi connectivity index (χ4n) is 0.618. The molecule has 0 aliphatic rings.